The average Bonchev–Trinajstić information content (AvgIpc) is 2.90. The quantitative estimate of drug-likeness (QED) is 0.856. The maximum absolute atomic E-state index is 13.7. The summed E-state index contributed by atoms with van der Waals surface area (Å²) in [6.07, 6.45) is 0. The summed E-state index contributed by atoms with van der Waals surface area (Å²) in [4.78, 5) is 0.918. The van der Waals surface area contributed by atoms with Gasteiger partial charge in [0.1, 0.15) is 10.0 Å². The van der Waals surface area contributed by atoms with Crippen molar-refractivity contribution in [2.75, 3.05) is 11.3 Å². The molecule has 1 aromatic carbocycles. The molecular weight excluding hydrogens is 311 g/mol. The van der Waals surface area contributed by atoms with E-state index in [1.54, 1.807) is 19.1 Å². The molecule has 0 aliphatic heterocycles. The van der Waals surface area contributed by atoms with Crippen LogP contribution in [0.5, 0.6) is 0 Å². The van der Waals surface area contributed by atoms with Crippen LogP contribution < -0.4 is 10.0 Å². The molecule has 0 radical (unpaired) electrons. The number of hydrogen-bond acceptors (Lipinski definition) is 4. The van der Waals surface area contributed by atoms with Crippen molar-refractivity contribution in [1.82, 2.24) is 5.32 Å². The topological polar surface area (TPSA) is 58.2 Å². The molecule has 0 saturated carbocycles. The molecule has 2 N–H and O–H groups in total. The lowest BCUT2D eigenvalue weighted by Crippen LogP contribution is -2.13. The number of rotatable bonds is 6. The van der Waals surface area contributed by atoms with E-state index in [4.69, 9.17) is 0 Å². The average molecular weight is 328 g/mol. The van der Waals surface area contributed by atoms with E-state index in [0.29, 0.717) is 6.54 Å². The van der Waals surface area contributed by atoms with Crippen LogP contribution in [0.1, 0.15) is 17.4 Å². The van der Waals surface area contributed by atoms with E-state index in [9.17, 15) is 12.8 Å². The highest BCUT2D eigenvalue weighted by Gasteiger charge is 2.18. The Morgan fingerprint density at radius 1 is 1.24 bits per heavy atom. The first-order chi connectivity index (χ1) is 9.92. The predicted octanol–water partition coefficient (Wildman–Crippen LogP) is 3.11. The van der Waals surface area contributed by atoms with Gasteiger partial charge in [-0.05, 0) is 43.3 Å². The zero-order valence-electron chi connectivity index (χ0n) is 11.8. The Hall–Kier alpha value is -1.44. The van der Waals surface area contributed by atoms with Gasteiger partial charge >= 0.3 is 0 Å². The molecule has 0 spiro atoms. The van der Waals surface area contributed by atoms with Crippen LogP contribution in [0, 0.1) is 12.7 Å². The summed E-state index contributed by atoms with van der Waals surface area (Å²) in [6, 6.07) is 7.60. The van der Waals surface area contributed by atoms with Gasteiger partial charge in [-0.2, -0.15) is 0 Å². The van der Waals surface area contributed by atoms with Gasteiger partial charge in [0.15, 0.2) is 0 Å². The van der Waals surface area contributed by atoms with E-state index < -0.39 is 15.8 Å². The number of anilines is 1. The lowest BCUT2D eigenvalue weighted by molar-refractivity contribution is 0.600. The summed E-state index contributed by atoms with van der Waals surface area (Å²) >= 11 is 1.17. The minimum absolute atomic E-state index is 0.0309. The SMILES string of the molecule is CCNCc1ccc(S(=O)(=O)Nc2cc(C)ccc2F)s1. The van der Waals surface area contributed by atoms with Gasteiger partial charge in [0, 0.05) is 11.4 Å². The third kappa shape index (κ3) is 4.03. The third-order valence-corrected chi connectivity index (χ3v) is 5.76. The molecule has 0 amide bonds. The van der Waals surface area contributed by atoms with Crippen LogP contribution in [-0.4, -0.2) is 15.0 Å². The molecule has 21 heavy (non-hydrogen) atoms. The van der Waals surface area contributed by atoms with Crippen LogP contribution in [-0.2, 0) is 16.6 Å². The van der Waals surface area contributed by atoms with Crippen molar-refractivity contribution in [1.29, 1.82) is 0 Å². The van der Waals surface area contributed by atoms with Gasteiger partial charge in [0.2, 0.25) is 0 Å². The van der Waals surface area contributed by atoms with E-state index in [2.05, 4.69) is 10.0 Å². The number of hydrogen-bond donors (Lipinski definition) is 2. The minimum Gasteiger partial charge on any atom is -0.312 e. The number of aryl methyl sites for hydroxylation is 1. The van der Waals surface area contributed by atoms with Gasteiger partial charge < -0.3 is 5.32 Å². The largest absolute Gasteiger partial charge is 0.312 e. The smallest absolute Gasteiger partial charge is 0.271 e. The third-order valence-electron chi connectivity index (χ3n) is 2.82. The molecule has 1 aromatic heterocycles. The molecule has 0 fully saturated rings. The summed E-state index contributed by atoms with van der Waals surface area (Å²) in [5.74, 6) is -0.589. The van der Waals surface area contributed by atoms with Crippen LogP contribution in [0.2, 0.25) is 0 Å². The highest BCUT2D eigenvalue weighted by atomic mass is 32.2. The molecule has 2 rings (SSSR count). The second-order valence-corrected chi connectivity index (χ2v) is 7.67. The van der Waals surface area contributed by atoms with Crippen LogP contribution in [0.15, 0.2) is 34.5 Å². The van der Waals surface area contributed by atoms with Crippen molar-refractivity contribution >= 4 is 27.0 Å². The molecule has 1 heterocycles. The summed E-state index contributed by atoms with van der Waals surface area (Å²) in [6.45, 7) is 5.19. The van der Waals surface area contributed by atoms with Crippen molar-refractivity contribution in [3.63, 3.8) is 0 Å². The van der Waals surface area contributed by atoms with Gasteiger partial charge in [-0.1, -0.05) is 13.0 Å². The Balaban J connectivity index is 2.22. The van der Waals surface area contributed by atoms with Crippen LogP contribution in [0.3, 0.4) is 0 Å². The highest BCUT2D eigenvalue weighted by molar-refractivity contribution is 7.94. The van der Waals surface area contributed by atoms with Crippen LogP contribution >= 0.6 is 11.3 Å². The normalized spacial score (nSPS) is 11.6. The van der Waals surface area contributed by atoms with E-state index in [0.717, 1.165) is 17.0 Å². The predicted molar refractivity (Wildman–Crippen MR) is 83.6 cm³/mol. The molecule has 114 valence electrons. The maximum atomic E-state index is 13.7. The first-order valence-corrected chi connectivity index (χ1v) is 8.80. The van der Waals surface area contributed by atoms with Gasteiger partial charge in [-0.3, -0.25) is 4.72 Å². The van der Waals surface area contributed by atoms with Gasteiger partial charge in [-0.25, -0.2) is 12.8 Å². The standard InChI is InChI=1S/C14H17FN2O2S2/c1-3-16-9-11-5-7-14(20-11)21(18,19)17-13-8-10(2)4-6-12(13)15/h4-8,16-17H,3,9H2,1-2H3. The van der Waals surface area contributed by atoms with Crippen molar-refractivity contribution in [2.24, 2.45) is 0 Å². The second-order valence-electron chi connectivity index (χ2n) is 4.59. The summed E-state index contributed by atoms with van der Waals surface area (Å²) < 4.78 is 40.7. The fourth-order valence-electron chi connectivity index (χ4n) is 1.76. The minimum atomic E-state index is -3.76. The van der Waals surface area contributed by atoms with Crippen LogP contribution in [0.25, 0.3) is 0 Å². The molecule has 4 nitrogen and oxygen atoms in total. The number of halogens is 1. The summed E-state index contributed by atoms with van der Waals surface area (Å²) in [5, 5.41) is 3.13. The fraction of sp³-hybridized carbons (Fsp3) is 0.286. The molecule has 0 aliphatic carbocycles. The number of nitrogens with one attached hydrogen (secondary N) is 2. The number of sulfonamides is 1. The van der Waals surface area contributed by atoms with E-state index >= 15 is 0 Å². The van der Waals surface area contributed by atoms with E-state index in [1.807, 2.05) is 6.92 Å². The molecule has 7 heteroatoms. The molecule has 0 bridgehead atoms. The molecule has 0 unspecified atom stereocenters. The Labute approximate surface area is 128 Å². The van der Waals surface area contributed by atoms with Crippen molar-refractivity contribution in [3.8, 4) is 0 Å². The zero-order valence-corrected chi connectivity index (χ0v) is 13.4. The van der Waals surface area contributed by atoms with E-state index in [-0.39, 0.29) is 9.90 Å². The maximum Gasteiger partial charge on any atom is 0.271 e. The Kier molecular flexibility index (Phi) is 4.97. The van der Waals surface area contributed by atoms with Crippen LogP contribution in [0.4, 0.5) is 10.1 Å². The first-order valence-electron chi connectivity index (χ1n) is 6.51. The zero-order chi connectivity index (χ0) is 15.5. The monoisotopic (exact) mass is 328 g/mol. The summed E-state index contributed by atoms with van der Waals surface area (Å²) in [5.41, 5.74) is 0.754. The first kappa shape index (κ1) is 15.9. The van der Waals surface area contributed by atoms with Crippen molar-refractivity contribution in [3.05, 3.63) is 46.6 Å². The Morgan fingerprint density at radius 2 is 2.00 bits per heavy atom. The van der Waals surface area contributed by atoms with Gasteiger partial charge in [-0.15, -0.1) is 11.3 Å². The summed E-state index contributed by atoms with van der Waals surface area (Å²) in [7, 11) is -3.76. The number of thiophene rings is 1. The number of benzene rings is 1. The lowest BCUT2D eigenvalue weighted by atomic mass is 10.2. The van der Waals surface area contributed by atoms with E-state index in [1.165, 1.54) is 29.5 Å². The molecule has 2 aromatic rings. The van der Waals surface area contributed by atoms with Crippen molar-refractivity contribution < 1.29 is 12.8 Å². The van der Waals surface area contributed by atoms with Gasteiger partial charge in [0.25, 0.3) is 10.0 Å². The molecule has 0 saturated heterocycles. The highest BCUT2D eigenvalue weighted by Crippen LogP contribution is 2.25. The molecular formula is C14H17FN2O2S2. The van der Waals surface area contributed by atoms with Crippen molar-refractivity contribution in [2.45, 2.75) is 24.6 Å². The molecule has 0 atom stereocenters. The second kappa shape index (κ2) is 6.55. The Bertz CT molecular complexity index is 726. The lowest BCUT2D eigenvalue weighted by Gasteiger charge is -2.08. The Morgan fingerprint density at radius 3 is 2.71 bits per heavy atom. The fourth-order valence-corrected chi connectivity index (χ4v) is 4.14. The molecule has 0 aliphatic rings. The van der Waals surface area contributed by atoms with Gasteiger partial charge in [0.05, 0.1) is 5.69 Å².